The van der Waals surface area contributed by atoms with E-state index in [0.717, 1.165) is 25.7 Å². The van der Waals surface area contributed by atoms with E-state index in [-0.39, 0.29) is 17.7 Å². The second-order valence-electron chi connectivity index (χ2n) is 4.62. The van der Waals surface area contributed by atoms with Gasteiger partial charge >= 0.3 is 0 Å². The Morgan fingerprint density at radius 1 is 1.17 bits per heavy atom. The summed E-state index contributed by atoms with van der Waals surface area (Å²) in [6, 6.07) is 9.22. The quantitative estimate of drug-likeness (QED) is 0.488. The summed E-state index contributed by atoms with van der Waals surface area (Å²) in [4.78, 5) is 12.0. The summed E-state index contributed by atoms with van der Waals surface area (Å²) in [5.41, 5.74) is 0.717. The van der Waals surface area contributed by atoms with Gasteiger partial charge in [0, 0.05) is 11.6 Å². The van der Waals surface area contributed by atoms with Gasteiger partial charge in [-0.05, 0) is 12.8 Å². The molecule has 0 atom stereocenters. The highest BCUT2D eigenvalue weighted by molar-refractivity contribution is 6.45. The molecule has 1 amide bonds. The summed E-state index contributed by atoms with van der Waals surface area (Å²) in [5.74, 6) is -0.296. The highest BCUT2D eigenvalue weighted by atomic mass is 16.4. The Morgan fingerprint density at radius 3 is 2.44 bits per heavy atom. The van der Waals surface area contributed by atoms with Crippen LogP contribution in [0.5, 0.6) is 0 Å². The predicted octanol–water partition coefficient (Wildman–Crippen LogP) is 2.31. The lowest BCUT2D eigenvalue weighted by Gasteiger charge is -2.22. The van der Waals surface area contributed by atoms with E-state index in [1.54, 1.807) is 12.1 Å². The van der Waals surface area contributed by atoms with Crippen LogP contribution >= 0.6 is 0 Å². The number of carbonyl (C=O) groups is 1. The molecule has 0 aromatic heterocycles. The number of carbonyl (C=O) groups excluding carboxylic acids is 1. The lowest BCUT2D eigenvalue weighted by molar-refractivity contribution is -0.115. The molecule has 0 unspecified atom stereocenters. The summed E-state index contributed by atoms with van der Waals surface area (Å²) in [6.45, 7) is 0. The molecule has 4 nitrogen and oxygen atoms in total. The highest BCUT2D eigenvalue weighted by Crippen LogP contribution is 2.17. The second-order valence-corrected chi connectivity index (χ2v) is 4.62. The number of nitrogens with zero attached hydrogens (tertiary/aromatic N) is 1. The van der Waals surface area contributed by atoms with E-state index in [1.807, 2.05) is 18.2 Å². The third-order valence-electron chi connectivity index (χ3n) is 3.30. The van der Waals surface area contributed by atoms with Crippen LogP contribution in [0.15, 0.2) is 35.5 Å². The maximum absolute atomic E-state index is 12.0. The highest BCUT2D eigenvalue weighted by Gasteiger charge is 2.20. The second kappa shape index (κ2) is 6.19. The molecule has 0 radical (unpaired) electrons. The normalized spacial score (nSPS) is 17.4. The van der Waals surface area contributed by atoms with Crippen LogP contribution in [0.4, 0.5) is 0 Å². The molecule has 0 heterocycles. The van der Waals surface area contributed by atoms with Crippen molar-refractivity contribution >= 4 is 11.6 Å². The number of rotatable bonds is 3. The average molecular weight is 246 g/mol. The summed E-state index contributed by atoms with van der Waals surface area (Å²) in [7, 11) is 0. The van der Waals surface area contributed by atoms with Crippen molar-refractivity contribution in [2.75, 3.05) is 0 Å². The Bertz CT molecular complexity index is 423. The van der Waals surface area contributed by atoms with Gasteiger partial charge in [-0.1, -0.05) is 54.8 Å². The summed E-state index contributed by atoms with van der Waals surface area (Å²) < 4.78 is 0. The molecule has 1 aliphatic carbocycles. The smallest absolute Gasteiger partial charge is 0.274 e. The van der Waals surface area contributed by atoms with Gasteiger partial charge in [0.05, 0.1) is 0 Å². The molecule has 1 saturated carbocycles. The Hall–Kier alpha value is -1.84. The van der Waals surface area contributed by atoms with E-state index >= 15 is 0 Å². The van der Waals surface area contributed by atoms with Crippen LogP contribution in [-0.2, 0) is 4.79 Å². The SMILES string of the molecule is O=C(NC1CCCCC1)C(=NO)c1ccccc1. The van der Waals surface area contributed by atoms with Crippen LogP contribution in [0.1, 0.15) is 37.7 Å². The molecule has 2 N–H and O–H groups in total. The van der Waals surface area contributed by atoms with Crippen molar-refractivity contribution in [1.29, 1.82) is 0 Å². The van der Waals surface area contributed by atoms with Crippen molar-refractivity contribution < 1.29 is 10.0 Å². The van der Waals surface area contributed by atoms with Gasteiger partial charge in [0.1, 0.15) is 0 Å². The fraction of sp³-hybridized carbons (Fsp3) is 0.429. The number of hydrogen-bond acceptors (Lipinski definition) is 3. The third kappa shape index (κ3) is 3.09. The van der Waals surface area contributed by atoms with Gasteiger partial charge in [-0.3, -0.25) is 4.79 Å². The first-order valence-electron chi connectivity index (χ1n) is 6.39. The zero-order valence-corrected chi connectivity index (χ0v) is 10.3. The lowest BCUT2D eigenvalue weighted by Crippen LogP contribution is -2.40. The van der Waals surface area contributed by atoms with Crippen LogP contribution in [0.2, 0.25) is 0 Å². The molecule has 1 fully saturated rings. The Labute approximate surface area is 107 Å². The summed E-state index contributed by atoms with van der Waals surface area (Å²) in [6.07, 6.45) is 5.58. The van der Waals surface area contributed by atoms with Crippen LogP contribution in [0, 0.1) is 0 Å². The fourth-order valence-corrected chi connectivity index (χ4v) is 2.33. The van der Waals surface area contributed by atoms with E-state index in [0.29, 0.717) is 5.56 Å². The largest absolute Gasteiger partial charge is 0.410 e. The molecule has 4 heteroatoms. The molecule has 0 bridgehead atoms. The van der Waals surface area contributed by atoms with Crippen LogP contribution in [0.25, 0.3) is 0 Å². The van der Waals surface area contributed by atoms with Crippen LogP contribution in [0.3, 0.4) is 0 Å². The maximum atomic E-state index is 12.0. The maximum Gasteiger partial charge on any atom is 0.274 e. The van der Waals surface area contributed by atoms with Gasteiger partial charge in [0.2, 0.25) is 0 Å². The van der Waals surface area contributed by atoms with Crippen molar-refractivity contribution in [1.82, 2.24) is 5.32 Å². The standard InChI is InChI=1S/C14H18N2O2/c17-14(15-12-9-5-2-6-10-12)13(16-18)11-7-3-1-4-8-11/h1,3-4,7-8,12,18H,2,5-6,9-10H2,(H,15,17). The van der Waals surface area contributed by atoms with E-state index in [9.17, 15) is 4.79 Å². The molecule has 0 saturated heterocycles. The molecule has 0 spiro atoms. The lowest BCUT2D eigenvalue weighted by atomic mass is 9.95. The van der Waals surface area contributed by atoms with E-state index in [1.165, 1.54) is 6.42 Å². The minimum absolute atomic E-state index is 0.0844. The first kappa shape index (κ1) is 12.6. The zero-order chi connectivity index (χ0) is 12.8. The zero-order valence-electron chi connectivity index (χ0n) is 10.3. The number of benzene rings is 1. The molecule has 1 aromatic rings. The van der Waals surface area contributed by atoms with Crippen molar-refractivity contribution in [3.8, 4) is 0 Å². The van der Waals surface area contributed by atoms with Crippen LogP contribution < -0.4 is 5.32 Å². The third-order valence-corrected chi connectivity index (χ3v) is 3.30. The van der Waals surface area contributed by atoms with E-state index in [4.69, 9.17) is 5.21 Å². The molecular weight excluding hydrogens is 228 g/mol. The fourth-order valence-electron chi connectivity index (χ4n) is 2.33. The van der Waals surface area contributed by atoms with Crippen molar-refractivity contribution in [2.24, 2.45) is 5.16 Å². The Kier molecular flexibility index (Phi) is 4.34. The number of nitrogens with one attached hydrogen (secondary N) is 1. The van der Waals surface area contributed by atoms with Crippen LogP contribution in [-0.4, -0.2) is 22.9 Å². The van der Waals surface area contributed by atoms with Crippen molar-refractivity contribution in [3.63, 3.8) is 0 Å². The summed E-state index contributed by atoms with van der Waals surface area (Å²) in [5, 5.41) is 15.1. The minimum atomic E-state index is -0.296. The van der Waals surface area contributed by atoms with Gasteiger partial charge in [0.15, 0.2) is 5.71 Å². The van der Waals surface area contributed by atoms with Gasteiger partial charge < -0.3 is 10.5 Å². The Balaban J connectivity index is 2.02. The first-order chi connectivity index (χ1) is 8.81. The first-order valence-corrected chi connectivity index (χ1v) is 6.39. The Morgan fingerprint density at radius 2 is 1.83 bits per heavy atom. The average Bonchev–Trinajstić information content (AvgIpc) is 2.42. The molecule has 18 heavy (non-hydrogen) atoms. The van der Waals surface area contributed by atoms with Gasteiger partial charge in [0.25, 0.3) is 5.91 Å². The number of hydrogen-bond donors (Lipinski definition) is 2. The number of oxime groups is 1. The van der Waals surface area contributed by atoms with Crippen molar-refractivity contribution in [3.05, 3.63) is 35.9 Å². The van der Waals surface area contributed by atoms with Crippen molar-refractivity contribution in [2.45, 2.75) is 38.1 Å². The van der Waals surface area contributed by atoms with E-state index in [2.05, 4.69) is 10.5 Å². The van der Waals surface area contributed by atoms with Gasteiger partial charge in [-0.25, -0.2) is 0 Å². The number of amides is 1. The summed E-state index contributed by atoms with van der Waals surface area (Å²) >= 11 is 0. The molecule has 2 rings (SSSR count). The monoisotopic (exact) mass is 246 g/mol. The molecule has 0 aliphatic heterocycles. The predicted molar refractivity (Wildman–Crippen MR) is 69.8 cm³/mol. The van der Waals surface area contributed by atoms with E-state index < -0.39 is 0 Å². The van der Waals surface area contributed by atoms with Gasteiger partial charge in [-0.2, -0.15) is 0 Å². The molecule has 1 aliphatic rings. The molecular formula is C14H18N2O2. The van der Waals surface area contributed by atoms with Gasteiger partial charge in [-0.15, -0.1) is 0 Å². The minimum Gasteiger partial charge on any atom is -0.410 e. The topological polar surface area (TPSA) is 61.7 Å². The molecule has 96 valence electrons. The molecule has 1 aromatic carbocycles.